The van der Waals surface area contributed by atoms with Crippen molar-refractivity contribution in [3.8, 4) is 0 Å². The van der Waals surface area contributed by atoms with E-state index in [0.29, 0.717) is 0 Å². The van der Waals surface area contributed by atoms with Crippen LogP contribution < -0.4 is 5.73 Å². The first-order chi connectivity index (χ1) is 8.74. The maximum absolute atomic E-state index is 13.2. The first-order valence-electron chi connectivity index (χ1n) is 6.23. The summed E-state index contributed by atoms with van der Waals surface area (Å²) >= 11 is 1.69. The normalized spacial score (nSPS) is 16.3. The SMILES string of the molecule is NC(c1cccc(F)c1)c1nc2c(s1)CCCC2. The van der Waals surface area contributed by atoms with E-state index < -0.39 is 0 Å². The first kappa shape index (κ1) is 11.8. The molecule has 1 aromatic heterocycles. The lowest BCUT2D eigenvalue weighted by Gasteiger charge is -2.08. The van der Waals surface area contributed by atoms with Gasteiger partial charge in [0.1, 0.15) is 10.8 Å². The van der Waals surface area contributed by atoms with Gasteiger partial charge in [0.15, 0.2) is 0 Å². The molecule has 1 aliphatic carbocycles. The number of hydrogen-bond acceptors (Lipinski definition) is 3. The van der Waals surface area contributed by atoms with Gasteiger partial charge in [0.25, 0.3) is 0 Å². The highest BCUT2D eigenvalue weighted by atomic mass is 32.1. The van der Waals surface area contributed by atoms with E-state index >= 15 is 0 Å². The van der Waals surface area contributed by atoms with Gasteiger partial charge >= 0.3 is 0 Å². The van der Waals surface area contributed by atoms with Crippen molar-refractivity contribution >= 4 is 11.3 Å². The number of thiazole rings is 1. The highest BCUT2D eigenvalue weighted by Gasteiger charge is 2.19. The van der Waals surface area contributed by atoms with Crippen LogP contribution in [0.4, 0.5) is 4.39 Å². The highest BCUT2D eigenvalue weighted by Crippen LogP contribution is 2.31. The standard InChI is InChI=1S/C14H15FN2S/c15-10-5-3-4-9(8-10)13(16)14-17-11-6-1-2-7-12(11)18-14/h3-5,8,13H,1-2,6-7,16H2. The lowest BCUT2D eigenvalue weighted by molar-refractivity contribution is 0.623. The summed E-state index contributed by atoms with van der Waals surface area (Å²) in [5, 5.41) is 0.910. The summed E-state index contributed by atoms with van der Waals surface area (Å²) in [5.74, 6) is -0.246. The number of fused-ring (bicyclic) bond motifs is 1. The maximum Gasteiger partial charge on any atom is 0.123 e. The minimum atomic E-state index is -0.309. The zero-order valence-electron chi connectivity index (χ0n) is 10.0. The van der Waals surface area contributed by atoms with E-state index in [1.807, 2.05) is 6.07 Å². The van der Waals surface area contributed by atoms with Gasteiger partial charge in [0.05, 0.1) is 11.7 Å². The molecular formula is C14H15FN2S. The topological polar surface area (TPSA) is 38.9 Å². The number of halogens is 1. The lowest BCUT2D eigenvalue weighted by Crippen LogP contribution is -2.11. The fourth-order valence-corrected chi connectivity index (χ4v) is 3.53. The molecule has 4 heteroatoms. The number of benzene rings is 1. The molecule has 0 radical (unpaired) electrons. The number of nitrogens with two attached hydrogens (primary N) is 1. The molecule has 18 heavy (non-hydrogen) atoms. The molecule has 0 aliphatic heterocycles. The largest absolute Gasteiger partial charge is 0.318 e. The molecule has 2 aromatic rings. The van der Waals surface area contributed by atoms with E-state index in [9.17, 15) is 4.39 Å². The van der Waals surface area contributed by atoms with Gasteiger partial charge in [-0.3, -0.25) is 0 Å². The monoisotopic (exact) mass is 262 g/mol. The van der Waals surface area contributed by atoms with E-state index in [1.54, 1.807) is 17.4 Å². The van der Waals surface area contributed by atoms with Gasteiger partial charge in [-0.05, 0) is 43.4 Å². The molecule has 2 nitrogen and oxygen atoms in total. The molecule has 1 heterocycles. The Morgan fingerprint density at radius 2 is 2.11 bits per heavy atom. The predicted octanol–water partition coefficient (Wildman–Crippen LogP) is 3.21. The summed E-state index contributed by atoms with van der Waals surface area (Å²) in [6, 6.07) is 6.16. The van der Waals surface area contributed by atoms with Gasteiger partial charge in [0.2, 0.25) is 0 Å². The molecule has 1 aromatic carbocycles. The number of hydrogen-bond donors (Lipinski definition) is 1. The Kier molecular flexibility index (Phi) is 3.14. The van der Waals surface area contributed by atoms with Crippen LogP contribution in [-0.4, -0.2) is 4.98 Å². The molecular weight excluding hydrogens is 247 g/mol. The molecule has 0 bridgehead atoms. The Morgan fingerprint density at radius 3 is 2.89 bits per heavy atom. The predicted molar refractivity (Wildman–Crippen MR) is 71.2 cm³/mol. The fraction of sp³-hybridized carbons (Fsp3) is 0.357. The summed E-state index contributed by atoms with van der Waals surface area (Å²) < 4.78 is 13.2. The zero-order chi connectivity index (χ0) is 12.5. The summed E-state index contributed by atoms with van der Waals surface area (Å²) in [6.07, 6.45) is 4.62. The second kappa shape index (κ2) is 4.78. The van der Waals surface area contributed by atoms with E-state index in [-0.39, 0.29) is 11.9 Å². The first-order valence-corrected chi connectivity index (χ1v) is 7.05. The minimum absolute atomic E-state index is 0.246. The number of rotatable bonds is 2. The smallest absolute Gasteiger partial charge is 0.123 e. The van der Waals surface area contributed by atoms with Crippen LogP contribution in [0.5, 0.6) is 0 Å². The third-order valence-corrected chi connectivity index (χ3v) is 4.58. The van der Waals surface area contributed by atoms with Crippen LogP contribution >= 0.6 is 11.3 Å². The second-order valence-electron chi connectivity index (χ2n) is 4.66. The third kappa shape index (κ3) is 2.18. The molecule has 3 rings (SSSR count). The molecule has 0 fully saturated rings. The Balaban J connectivity index is 1.92. The Morgan fingerprint density at radius 1 is 1.28 bits per heavy atom. The summed E-state index contributed by atoms with van der Waals surface area (Å²) in [6.45, 7) is 0. The van der Waals surface area contributed by atoms with Gasteiger partial charge in [-0.15, -0.1) is 11.3 Å². The van der Waals surface area contributed by atoms with E-state index in [1.165, 1.54) is 35.5 Å². The highest BCUT2D eigenvalue weighted by molar-refractivity contribution is 7.11. The molecule has 0 spiro atoms. The van der Waals surface area contributed by atoms with Crippen LogP contribution in [0, 0.1) is 5.82 Å². The van der Waals surface area contributed by atoms with Crippen LogP contribution in [0.25, 0.3) is 0 Å². The molecule has 0 saturated carbocycles. The van der Waals surface area contributed by atoms with Crippen molar-refractivity contribution in [2.24, 2.45) is 5.73 Å². The summed E-state index contributed by atoms with van der Waals surface area (Å²) in [5.41, 5.74) is 8.17. The zero-order valence-corrected chi connectivity index (χ0v) is 10.8. The van der Waals surface area contributed by atoms with Gasteiger partial charge in [-0.2, -0.15) is 0 Å². The van der Waals surface area contributed by atoms with Crippen molar-refractivity contribution in [2.75, 3.05) is 0 Å². The fourth-order valence-electron chi connectivity index (χ4n) is 2.35. The second-order valence-corrected chi connectivity index (χ2v) is 5.78. The van der Waals surface area contributed by atoms with Crippen molar-refractivity contribution in [3.05, 3.63) is 51.2 Å². The molecule has 0 saturated heterocycles. The van der Waals surface area contributed by atoms with Gasteiger partial charge in [-0.1, -0.05) is 12.1 Å². The van der Waals surface area contributed by atoms with Gasteiger partial charge in [0, 0.05) is 4.88 Å². The maximum atomic E-state index is 13.2. The van der Waals surface area contributed by atoms with Gasteiger partial charge in [-0.25, -0.2) is 9.37 Å². The van der Waals surface area contributed by atoms with E-state index in [4.69, 9.17) is 5.73 Å². The lowest BCUT2D eigenvalue weighted by atomic mass is 10.0. The van der Waals surface area contributed by atoms with Crippen LogP contribution in [0.1, 0.15) is 40.0 Å². The van der Waals surface area contributed by atoms with Crippen molar-refractivity contribution in [1.82, 2.24) is 4.98 Å². The Hall–Kier alpha value is -1.26. The van der Waals surface area contributed by atoms with Crippen LogP contribution in [0.2, 0.25) is 0 Å². The number of aryl methyl sites for hydroxylation is 2. The van der Waals surface area contributed by atoms with E-state index in [2.05, 4.69) is 4.98 Å². The van der Waals surface area contributed by atoms with Crippen molar-refractivity contribution in [3.63, 3.8) is 0 Å². The molecule has 0 amide bonds. The number of nitrogens with zero attached hydrogens (tertiary/aromatic N) is 1. The van der Waals surface area contributed by atoms with Crippen molar-refractivity contribution in [2.45, 2.75) is 31.7 Å². The van der Waals surface area contributed by atoms with Gasteiger partial charge < -0.3 is 5.73 Å². The average molecular weight is 262 g/mol. The number of aromatic nitrogens is 1. The molecule has 1 atom stereocenters. The summed E-state index contributed by atoms with van der Waals surface area (Å²) in [7, 11) is 0. The third-order valence-electron chi connectivity index (χ3n) is 3.34. The van der Waals surface area contributed by atoms with Crippen LogP contribution in [0.3, 0.4) is 0 Å². The minimum Gasteiger partial charge on any atom is -0.318 e. The Labute approximate surface area is 110 Å². The quantitative estimate of drug-likeness (QED) is 0.902. The van der Waals surface area contributed by atoms with E-state index in [0.717, 1.165) is 23.4 Å². The molecule has 2 N–H and O–H groups in total. The average Bonchev–Trinajstić information content (AvgIpc) is 2.81. The van der Waals surface area contributed by atoms with Crippen LogP contribution in [-0.2, 0) is 12.8 Å². The molecule has 94 valence electrons. The van der Waals surface area contributed by atoms with Crippen LogP contribution in [0.15, 0.2) is 24.3 Å². The molecule has 1 aliphatic rings. The summed E-state index contributed by atoms with van der Waals surface area (Å²) in [4.78, 5) is 5.99. The van der Waals surface area contributed by atoms with Crippen molar-refractivity contribution < 1.29 is 4.39 Å². The Bertz CT molecular complexity index is 541. The molecule has 1 unspecified atom stereocenters. The van der Waals surface area contributed by atoms with Crippen molar-refractivity contribution in [1.29, 1.82) is 0 Å².